The van der Waals surface area contributed by atoms with Crippen molar-refractivity contribution in [3.05, 3.63) is 33.8 Å². The fraction of sp³-hybridized carbons (Fsp3) is 0.533. The van der Waals surface area contributed by atoms with E-state index in [9.17, 15) is 9.90 Å². The molecule has 0 aliphatic heterocycles. The third kappa shape index (κ3) is 3.50. The lowest BCUT2D eigenvalue weighted by atomic mass is 9.76. The van der Waals surface area contributed by atoms with Crippen molar-refractivity contribution in [3.63, 3.8) is 0 Å². The van der Waals surface area contributed by atoms with Gasteiger partial charge < -0.3 is 5.11 Å². The van der Waals surface area contributed by atoms with Crippen molar-refractivity contribution in [3.8, 4) is 0 Å². The molecule has 1 aliphatic carbocycles. The van der Waals surface area contributed by atoms with Crippen molar-refractivity contribution in [2.24, 2.45) is 5.92 Å². The third-order valence-electron chi connectivity index (χ3n) is 3.97. The highest BCUT2D eigenvalue weighted by molar-refractivity contribution is 6.42. The molecule has 1 N–H and O–H groups in total. The van der Waals surface area contributed by atoms with Gasteiger partial charge in [-0.15, -0.1) is 0 Å². The van der Waals surface area contributed by atoms with E-state index in [-0.39, 0.29) is 12.2 Å². The fourth-order valence-electron chi connectivity index (χ4n) is 2.52. The maximum atomic E-state index is 12.3. The largest absolute Gasteiger partial charge is 0.382 e. The Morgan fingerprint density at radius 1 is 1.32 bits per heavy atom. The molecule has 1 saturated carbocycles. The molecule has 19 heavy (non-hydrogen) atoms. The number of benzene rings is 1. The number of ketones is 1. The zero-order chi connectivity index (χ0) is 14.0. The van der Waals surface area contributed by atoms with Crippen LogP contribution < -0.4 is 0 Å². The van der Waals surface area contributed by atoms with Crippen LogP contribution in [0.5, 0.6) is 0 Å². The van der Waals surface area contributed by atoms with Crippen molar-refractivity contribution >= 4 is 29.0 Å². The van der Waals surface area contributed by atoms with Gasteiger partial charge in [-0.2, -0.15) is 0 Å². The van der Waals surface area contributed by atoms with Crippen molar-refractivity contribution < 1.29 is 9.90 Å². The van der Waals surface area contributed by atoms with Gasteiger partial charge in [0.05, 0.1) is 10.0 Å². The molecule has 104 valence electrons. The van der Waals surface area contributed by atoms with Crippen LogP contribution in [0.2, 0.25) is 10.0 Å². The van der Waals surface area contributed by atoms with Crippen LogP contribution in [0.1, 0.15) is 38.2 Å². The molecule has 0 heterocycles. The number of carbonyl (C=O) groups is 1. The minimum Gasteiger partial charge on any atom is -0.382 e. The Kier molecular flexibility index (Phi) is 4.54. The number of Topliss-reactive ketones (excluding diaryl/α,β-unsaturated/α-hetero) is 1. The third-order valence-corrected chi connectivity index (χ3v) is 4.71. The Morgan fingerprint density at radius 2 is 1.95 bits per heavy atom. The van der Waals surface area contributed by atoms with Gasteiger partial charge in [0.25, 0.3) is 0 Å². The fourth-order valence-corrected chi connectivity index (χ4v) is 2.84. The number of carbonyl (C=O) groups excluding carboxylic acids is 1. The number of hydrogen-bond acceptors (Lipinski definition) is 2. The van der Waals surface area contributed by atoms with E-state index < -0.39 is 5.60 Å². The maximum Gasteiger partial charge on any atom is 0.168 e. The molecule has 1 aromatic carbocycles. The lowest BCUT2D eigenvalue weighted by Crippen LogP contribution is -2.42. The summed E-state index contributed by atoms with van der Waals surface area (Å²) in [5.41, 5.74) is -0.357. The number of aliphatic hydroxyl groups is 1. The minimum absolute atomic E-state index is 0.113. The summed E-state index contributed by atoms with van der Waals surface area (Å²) in [5, 5.41) is 11.4. The first kappa shape index (κ1) is 14.8. The summed E-state index contributed by atoms with van der Waals surface area (Å²) in [6, 6.07) is 5.15. The van der Waals surface area contributed by atoms with E-state index in [1.807, 2.05) is 0 Å². The van der Waals surface area contributed by atoms with E-state index in [4.69, 9.17) is 23.2 Å². The summed E-state index contributed by atoms with van der Waals surface area (Å²) in [7, 11) is 0. The average Bonchev–Trinajstić information content (AvgIpc) is 2.37. The smallest absolute Gasteiger partial charge is 0.168 e. The van der Waals surface area contributed by atoms with Gasteiger partial charge in [0.2, 0.25) is 0 Å². The average molecular weight is 301 g/mol. The van der Waals surface area contributed by atoms with Crippen LogP contribution in [-0.4, -0.2) is 16.5 Å². The Balaban J connectivity index is 2.06. The molecule has 0 aromatic heterocycles. The Morgan fingerprint density at radius 3 is 2.53 bits per heavy atom. The normalized spacial score (nSPS) is 27.3. The van der Waals surface area contributed by atoms with Crippen LogP contribution in [0.3, 0.4) is 0 Å². The monoisotopic (exact) mass is 300 g/mol. The number of hydrogen-bond donors (Lipinski definition) is 1. The van der Waals surface area contributed by atoms with E-state index >= 15 is 0 Å². The summed E-state index contributed by atoms with van der Waals surface area (Å²) in [4.78, 5) is 12.3. The van der Waals surface area contributed by atoms with Gasteiger partial charge in [0, 0.05) is 6.42 Å². The summed E-state index contributed by atoms with van der Waals surface area (Å²) in [5.74, 6) is 0.482. The molecular weight excluding hydrogens is 283 g/mol. The van der Waals surface area contributed by atoms with Crippen LogP contribution in [0.15, 0.2) is 18.2 Å². The SMILES string of the molecule is CC1CCC(O)(C(=O)Cc2ccc(Cl)c(Cl)c2)CC1. The van der Waals surface area contributed by atoms with Crippen LogP contribution in [0.4, 0.5) is 0 Å². The molecule has 0 amide bonds. The predicted molar refractivity (Wildman–Crippen MR) is 77.8 cm³/mol. The second-order valence-electron chi connectivity index (χ2n) is 5.56. The van der Waals surface area contributed by atoms with E-state index in [1.54, 1.807) is 18.2 Å². The van der Waals surface area contributed by atoms with Crippen LogP contribution >= 0.6 is 23.2 Å². The molecule has 1 fully saturated rings. The lowest BCUT2D eigenvalue weighted by molar-refractivity contribution is -0.140. The van der Waals surface area contributed by atoms with Crippen molar-refractivity contribution in [1.29, 1.82) is 0 Å². The molecule has 0 bridgehead atoms. The van der Waals surface area contributed by atoms with Crippen molar-refractivity contribution in [2.45, 2.75) is 44.6 Å². The molecule has 4 heteroatoms. The van der Waals surface area contributed by atoms with Gasteiger partial charge in [0.15, 0.2) is 5.78 Å². The van der Waals surface area contributed by atoms with Crippen LogP contribution in [-0.2, 0) is 11.2 Å². The van der Waals surface area contributed by atoms with Crippen molar-refractivity contribution in [2.75, 3.05) is 0 Å². The summed E-state index contributed by atoms with van der Waals surface area (Å²) >= 11 is 11.8. The zero-order valence-electron chi connectivity index (χ0n) is 11.0. The predicted octanol–water partition coefficient (Wildman–Crippen LogP) is 4.05. The molecule has 0 saturated heterocycles. The number of rotatable bonds is 3. The molecule has 0 atom stereocenters. The topological polar surface area (TPSA) is 37.3 Å². The highest BCUT2D eigenvalue weighted by Gasteiger charge is 2.38. The van der Waals surface area contributed by atoms with Gasteiger partial charge in [-0.3, -0.25) is 4.79 Å². The van der Waals surface area contributed by atoms with Crippen molar-refractivity contribution in [1.82, 2.24) is 0 Å². The van der Waals surface area contributed by atoms with E-state index in [2.05, 4.69) is 6.92 Å². The van der Waals surface area contributed by atoms with E-state index in [1.165, 1.54) is 0 Å². The highest BCUT2D eigenvalue weighted by atomic mass is 35.5. The highest BCUT2D eigenvalue weighted by Crippen LogP contribution is 2.33. The lowest BCUT2D eigenvalue weighted by Gasteiger charge is -2.33. The Hall–Kier alpha value is -0.570. The van der Waals surface area contributed by atoms with Crippen LogP contribution in [0.25, 0.3) is 0 Å². The second-order valence-corrected chi connectivity index (χ2v) is 6.38. The number of halogens is 2. The molecule has 0 radical (unpaired) electrons. The summed E-state index contributed by atoms with van der Waals surface area (Å²) in [6.07, 6.45) is 3.15. The van der Waals surface area contributed by atoms with Gasteiger partial charge in [0.1, 0.15) is 5.60 Å². The maximum absolute atomic E-state index is 12.3. The van der Waals surface area contributed by atoms with E-state index in [0.29, 0.717) is 28.8 Å². The summed E-state index contributed by atoms with van der Waals surface area (Å²) in [6.45, 7) is 2.16. The second kappa shape index (κ2) is 5.82. The zero-order valence-corrected chi connectivity index (χ0v) is 12.5. The quantitative estimate of drug-likeness (QED) is 0.914. The van der Waals surface area contributed by atoms with Crippen LogP contribution in [0, 0.1) is 5.92 Å². The standard InChI is InChI=1S/C15H18Cl2O2/c1-10-4-6-15(19,7-5-10)14(18)9-11-2-3-12(16)13(17)8-11/h2-3,8,10,19H,4-7,9H2,1H3. The van der Waals surface area contributed by atoms with Gasteiger partial charge in [-0.1, -0.05) is 36.2 Å². The molecule has 1 aromatic rings. The molecule has 1 aliphatic rings. The van der Waals surface area contributed by atoms with Gasteiger partial charge in [-0.25, -0.2) is 0 Å². The molecule has 0 spiro atoms. The first-order chi connectivity index (χ1) is 8.90. The Labute approximate surface area is 123 Å². The van der Waals surface area contributed by atoms with E-state index in [0.717, 1.165) is 18.4 Å². The first-order valence-electron chi connectivity index (χ1n) is 6.60. The molecule has 2 rings (SSSR count). The summed E-state index contributed by atoms with van der Waals surface area (Å²) < 4.78 is 0. The minimum atomic E-state index is -1.15. The molecule has 2 nitrogen and oxygen atoms in total. The van der Waals surface area contributed by atoms with Gasteiger partial charge in [-0.05, 0) is 49.3 Å². The van der Waals surface area contributed by atoms with Gasteiger partial charge >= 0.3 is 0 Å². The first-order valence-corrected chi connectivity index (χ1v) is 7.36. The Bertz CT molecular complexity index is 477. The molecule has 0 unspecified atom stereocenters. The molecular formula is C15H18Cl2O2.